The van der Waals surface area contributed by atoms with Crippen molar-refractivity contribution in [3.8, 4) is 0 Å². The minimum absolute atomic E-state index is 0.0178. The Hall–Kier alpha value is -1.34. The third kappa shape index (κ3) is 4.84. The van der Waals surface area contributed by atoms with Crippen molar-refractivity contribution in [1.82, 2.24) is 25.3 Å². The summed E-state index contributed by atoms with van der Waals surface area (Å²) in [4.78, 5) is 22.7. The molecule has 3 saturated heterocycles. The first-order valence-electron chi connectivity index (χ1n) is 8.29. The zero-order valence-corrected chi connectivity index (χ0v) is 14.1. The number of guanidine groups is 1. The molecule has 2 bridgehead atoms. The van der Waals surface area contributed by atoms with Gasteiger partial charge in [0.1, 0.15) is 6.54 Å². The molecule has 1 atom stereocenters. The molecule has 1 amide bonds. The molecule has 7 heteroatoms. The summed E-state index contributed by atoms with van der Waals surface area (Å²) < 4.78 is 0. The van der Waals surface area contributed by atoms with E-state index in [4.69, 9.17) is 0 Å². The summed E-state index contributed by atoms with van der Waals surface area (Å²) in [6, 6.07) is 0.542. The Kier molecular flexibility index (Phi) is 6.45. The second-order valence-electron chi connectivity index (χ2n) is 6.25. The number of nitrogens with one attached hydrogen (secondary N) is 2. The molecule has 1 unspecified atom stereocenters. The van der Waals surface area contributed by atoms with Crippen LogP contribution in [0.3, 0.4) is 0 Å². The van der Waals surface area contributed by atoms with Gasteiger partial charge in [0.15, 0.2) is 5.96 Å². The van der Waals surface area contributed by atoms with E-state index < -0.39 is 0 Å². The first-order valence-corrected chi connectivity index (χ1v) is 8.29. The Labute approximate surface area is 133 Å². The van der Waals surface area contributed by atoms with E-state index in [1.165, 1.54) is 26.2 Å². The van der Waals surface area contributed by atoms with E-state index in [0.29, 0.717) is 6.04 Å². The highest BCUT2D eigenvalue weighted by molar-refractivity contribution is 5.84. The van der Waals surface area contributed by atoms with E-state index in [1.54, 1.807) is 19.0 Å². The number of aliphatic imine (C=N–C) groups is 1. The third-order valence-corrected chi connectivity index (χ3v) is 4.31. The van der Waals surface area contributed by atoms with Crippen molar-refractivity contribution in [1.29, 1.82) is 0 Å². The number of likely N-dealkylation sites (N-methyl/N-ethyl adjacent to an activating group) is 1. The molecule has 0 aromatic carbocycles. The first kappa shape index (κ1) is 17.0. The number of nitrogens with zero attached hydrogens (tertiary/aromatic N) is 4. The summed E-state index contributed by atoms with van der Waals surface area (Å²) in [5.74, 6) is 0.763. The summed E-state index contributed by atoms with van der Waals surface area (Å²) in [5.41, 5.74) is 0. The van der Waals surface area contributed by atoms with Crippen molar-refractivity contribution >= 4 is 11.9 Å². The van der Waals surface area contributed by atoms with E-state index in [9.17, 15) is 4.79 Å². The zero-order valence-electron chi connectivity index (χ0n) is 14.1. The highest BCUT2D eigenvalue weighted by Crippen LogP contribution is 2.14. The van der Waals surface area contributed by atoms with Gasteiger partial charge in [-0.1, -0.05) is 6.92 Å². The maximum atomic E-state index is 11.7. The van der Waals surface area contributed by atoms with E-state index in [1.807, 2.05) is 0 Å². The number of rotatable bonds is 6. The largest absolute Gasteiger partial charge is 0.356 e. The van der Waals surface area contributed by atoms with Crippen LogP contribution in [0.25, 0.3) is 0 Å². The topological polar surface area (TPSA) is 63.2 Å². The van der Waals surface area contributed by atoms with Gasteiger partial charge in [0.05, 0.1) is 0 Å². The number of carbonyl (C=O) groups excluding carboxylic acids is 1. The van der Waals surface area contributed by atoms with E-state index in [-0.39, 0.29) is 12.5 Å². The molecule has 3 aliphatic rings. The molecule has 2 N–H and O–H groups in total. The number of piperazine rings is 3. The molecule has 0 aromatic heterocycles. The summed E-state index contributed by atoms with van der Waals surface area (Å²) in [6.07, 6.45) is 1.03. The fraction of sp³-hybridized carbons (Fsp3) is 0.867. The molecular formula is C15H30N6O. The number of hydrogen-bond donors (Lipinski definition) is 2. The van der Waals surface area contributed by atoms with Crippen LogP contribution in [0.5, 0.6) is 0 Å². The highest BCUT2D eigenvalue weighted by Gasteiger charge is 2.31. The van der Waals surface area contributed by atoms with Gasteiger partial charge in [-0.25, -0.2) is 4.99 Å². The maximum Gasteiger partial charge on any atom is 0.243 e. The fourth-order valence-electron chi connectivity index (χ4n) is 2.84. The molecule has 0 saturated carbocycles. The quantitative estimate of drug-likeness (QED) is 0.488. The van der Waals surface area contributed by atoms with Crippen LogP contribution in [0.2, 0.25) is 0 Å². The van der Waals surface area contributed by atoms with Gasteiger partial charge in [-0.15, -0.1) is 0 Å². The number of carbonyl (C=O) groups is 1. The molecule has 3 heterocycles. The Balaban J connectivity index is 1.83. The van der Waals surface area contributed by atoms with Crippen molar-refractivity contribution in [3.63, 3.8) is 0 Å². The molecular weight excluding hydrogens is 280 g/mol. The van der Waals surface area contributed by atoms with E-state index >= 15 is 0 Å². The van der Waals surface area contributed by atoms with Crippen LogP contribution in [0.15, 0.2) is 4.99 Å². The normalized spacial score (nSPS) is 27.6. The Morgan fingerprint density at radius 1 is 1.23 bits per heavy atom. The summed E-state index contributed by atoms with van der Waals surface area (Å²) in [5, 5.41) is 6.69. The summed E-state index contributed by atoms with van der Waals surface area (Å²) in [6.45, 7) is 9.91. The summed E-state index contributed by atoms with van der Waals surface area (Å²) >= 11 is 0. The van der Waals surface area contributed by atoms with E-state index in [2.05, 4.69) is 32.3 Å². The SMILES string of the molecule is CCCNC(=NCC(=O)N(C)C)NCC1CN2CCN1CC2. The lowest BCUT2D eigenvalue weighted by Crippen LogP contribution is -2.63. The van der Waals surface area contributed by atoms with Crippen LogP contribution in [0.1, 0.15) is 13.3 Å². The minimum atomic E-state index is 0.0178. The number of hydrogen-bond acceptors (Lipinski definition) is 4. The van der Waals surface area contributed by atoms with Crippen LogP contribution in [-0.4, -0.2) is 99.1 Å². The van der Waals surface area contributed by atoms with Gasteiger partial charge < -0.3 is 15.5 Å². The van der Waals surface area contributed by atoms with Crippen LogP contribution >= 0.6 is 0 Å². The Morgan fingerprint density at radius 3 is 2.50 bits per heavy atom. The van der Waals surface area contributed by atoms with Crippen molar-refractivity contribution in [2.45, 2.75) is 19.4 Å². The second-order valence-corrected chi connectivity index (χ2v) is 6.25. The molecule has 0 aromatic rings. The minimum Gasteiger partial charge on any atom is -0.356 e. The second kappa shape index (κ2) is 8.33. The maximum absolute atomic E-state index is 11.7. The van der Waals surface area contributed by atoms with Crippen molar-refractivity contribution in [2.24, 2.45) is 4.99 Å². The number of amides is 1. The van der Waals surface area contributed by atoms with Gasteiger partial charge >= 0.3 is 0 Å². The molecule has 22 heavy (non-hydrogen) atoms. The average Bonchev–Trinajstić information content (AvgIpc) is 2.54. The van der Waals surface area contributed by atoms with Crippen molar-refractivity contribution < 1.29 is 4.79 Å². The predicted octanol–water partition coefficient (Wildman–Crippen LogP) is -0.980. The molecule has 126 valence electrons. The lowest BCUT2D eigenvalue weighted by atomic mass is 10.1. The molecule has 0 aliphatic carbocycles. The lowest BCUT2D eigenvalue weighted by molar-refractivity contribution is -0.127. The van der Waals surface area contributed by atoms with Crippen LogP contribution < -0.4 is 10.6 Å². The monoisotopic (exact) mass is 310 g/mol. The van der Waals surface area contributed by atoms with E-state index in [0.717, 1.165) is 32.0 Å². The van der Waals surface area contributed by atoms with Crippen LogP contribution in [0, 0.1) is 0 Å². The molecule has 0 radical (unpaired) electrons. The van der Waals surface area contributed by atoms with Gasteiger partial charge in [0.25, 0.3) is 0 Å². The molecule has 3 rings (SSSR count). The molecule has 0 spiro atoms. The molecule has 3 aliphatic heterocycles. The average molecular weight is 310 g/mol. The van der Waals surface area contributed by atoms with Gasteiger partial charge in [-0.05, 0) is 6.42 Å². The third-order valence-electron chi connectivity index (χ3n) is 4.31. The fourth-order valence-corrected chi connectivity index (χ4v) is 2.84. The predicted molar refractivity (Wildman–Crippen MR) is 89.1 cm³/mol. The van der Waals surface area contributed by atoms with Crippen LogP contribution in [0.4, 0.5) is 0 Å². The number of fused-ring (bicyclic) bond motifs is 3. The smallest absolute Gasteiger partial charge is 0.243 e. The first-order chi connectivity index (χ1) is 10.6. The molecule has 3 fully saturated rings. The Bertz CT molecular complexity index is 389. The molecule has 7 nitrogen and oxygen atoms in total. The summed E-state index contributed by atoms with van der Waals surface area (Å²) in [7, 11) is 3.51. The standard InChI is InChI=1S/C15H30N6O/c1-4-5-16-15(18-11-14(22)19(2)3)17-10-13-12-20-6-8-21(13)9-7-20/h13H,4-12H2,1-3H3,(H2,16,17,18). The zero-order chi connectivity index (χ0) is 15.9. The van der Waals surface area contributed by atoms with Gasteiger partial charge in [-0.3, -0.25) is 14.6 Å². The van der Waals surface area contributed by atoms with Crippen molar-refractivity contribution in [3.05, 3.63) is 0 Å². The van der Waals surface area contributed by atoms with Crippen LogP contribution in [-0.2, 0) is 4.79 Å². The van der Waals surface area contributed by atoms with Gasteiger partial charge in [0.2, 0.25) is 5.91 Å². The van der Waals surface area contributed by atoms with Gasteiger partial charge in [-0.2, -0.15) is 0 Å². The van der Waals surface area contributed by atoms with Crippen molar-refractivity contribution in [2.75, 3.05) is 66.5 Å². The van der Waals surface area contributed by atoms with Gasteiger partial charge in [0, 0.05) is 66.0 Å². The Morgan fingerprint density at radius 2 is 1.95 bits per heavy atom. The lowest BCUT2D eigenvalue weighted by Gasteiger charge is -2.47. The highest BCUT2D eigenvalue weighted by atomic mass is 16.2.